The first-order valence-electron chi connectivity index (χ1n) is 9.14. The highest BCUT2D eigenvalue weighted by Gasteiger charge is 2.77. The van der Waals surface area contributed by atoms with Crippen LogP contribution in [0.3, 0.4) is 0 Å². The minimum absolute atomic E-state index is 0.261. The molecule has 3 aliphatic rings. The zero-order chi connectivity index (χ0) is 19.7. The lowest BCUT2D eigenvalue weighted by molar-refractivity contribution is -0.133. The number of anilines is 1. The number of imide groups is 1. The van der Waals surface area contributed by atoms with E-state index in [-0.39, 0.29) is 11.8 Å². The number of likely N-dealkylation sites (N-methyl/N-ethyl adjacent to an activating group) is 1. The molecular formula is C21H19N3O3S. The number of carbonyl (C=O) groups excluding carboxylic acids is 3. The fraction of sp³-hybridized carbons (Fsp3) is 0.286. The molecule has 0 saturated carbocycles. The summed E-state index contributed by atoms with van der Waals surface area (Å²) in [5.74, 6) is -0.973. The molecule has 3 heterocycles. The molecule has 5 rings (SSSR count). The minimum Gasteiger partial charge on any atom is -0.324 e. The number of aryl methyl sites for hydroxylation is 1. The van der Waals surface area contributed by atoms with Crippen LogP contribution in [0.4, 0.5) is 10.5 Å². The van der Waals surface area contributed by atoms with Crippen LogP contribution in [0.25, 0.3) is 0 Å². The van der Waals surface area contributed by atoms with Gasteiger partial charge in [0.2, 0.25) is 5.91 Å². The summed E-state index contributed by atoms with van der Waals surface area (Å²) in [5, 5.41) is 5.00. The van der Waals surface area contributed by atoms with E-state index >= 15 is 0 Å². The molecule has 0 bridgehead atoms. The van der Waals surface area contributed by atoms with Crippen LogP contribution < -0.4 is 10.6 Å². The average molecular weight is 393 g/mol. The molecule has 3 aliphatic heterocycles. The Balaban J connectivity index is 1.81. The van der Waals surface area contributed by atoms with Gasteiger partial charge in [-0.1, -0.05) is 48.0 Å². The number of hydrogen-bond acceptors (Lipinski definition) is 5. The van der Waals surface area contributed by atoms with E-state index in [0.717, 1.165) is 28.5 Å². The van der Waals surface area contributed by atoms with E-state index in [2.05, 4.69) is 10.6 Å². The van der Waals surface area contributed by atoms with E-state index < -0.39 is 21.4 Å². The van der Waals surface area contributed by atoms with Gasteiger partial charge in [0.15, 0.2) is 5.54 Å². The third-order valence-electron chi connectivity index (χ3n) is 6.24. The highest BCUT2D eigenvalue weighted by molar-refractivity contribution is 8.16. The fourth-order valence-electron chi connectivity index (χ4n) is 5.08. The minimum atomic E-state index is -1.27. The molecule has 142 valence electrons. The van der Waals surface area contributed by atoms with E-state index in [1.54, 1.807) is 0 Å². The topological polar surface area (TPSA) is 78.5 Å². The second-order valence-electron chi connectivity index (χ2n) is 7.63. The predicted molar refractivity (Wildman–Crippen MR) is 107 cm³/mol. The van der Waals surface area contributed by atoms with Crippen molar-refractivity contribution < 1.29 is 14.4 Å². The van der Waals surface area contributed by atoms with Gasteiger partial charge in [0.05, 0.1) is 0 Å². The number of thioether (sulfide) groups is 1. The van der Waals surface area contributed by atoms with Crippen molar-refractivity contribution in [2.75, 3.05) is 18.9 Å². The first-order chi connectivity index (χ1) is 13.4. The summed E-state index contributed by atoms with van der Waals surface area (Å²) < 4.78 is -1.27. The lowest BCUT2D eigenvalue weighted by Crippen LogP contribution is -2.61. The molecule has 28 heavy (non-hydrogen) atoms. The van der Waals surface area contributed by atoms with Crippen molar-refractivity contribution in [2.45, 2.75) is 23.1 Å². The molecule has 2 spiro atoms. The van der Waals surface area contributed by atoms with Crippen molar-refractivity contribution in [3.63, 3.8) is 0 Å². The van der Waals surface area contributed by atoms with Crippen LogP contribution in [0, 0.1) is 6.92 Å². The van der Waals surface area contributed by atoms with Crippen LogP contribution in [0.5, 0.6) is 0 Å². The summed E-state index contributed by atoms with van der Waals surface area (Å²) in [6.07, 6.45) is 0. The molecule has 0 aliphatic carbocycles. The number of nitrogens with zero attached hydrogens (tertiary/aromatic N) is 1. The van der Waals surface area contributed by atoms with Gasteiger partial charge in [-0.05, 0) is 37.4 Å². The van der Waals surface area contributed by atoms with Gasteiger partial charge >= 0.3 is 0 Å². The zero-order valence-electron chi connectivity index (χ0n) is 15.5. The van der Waals surface area contributed by atoms with Crippen LogP contribution in [0.15, 0.2) is 48.5 Å². The third-order valence-corrected chi connectivity index (χ3v) is 7.61. The number of rotatable bonds is 1. The Hall–Kier alpha value is -2.64. The van der Waals surface area contributed by atoms with Gasteiger partial charge in [0.25, 0.3) is 11.1 Å². The summed E-state index contributed by atoms with van der Waals surface area (Å²) in [6, 6.07) is 15.4. The summed E-state index contributed by atoms with van der Waals surface area (Å²) in [7, 11) is 1.86. The number of carbonyl (C=O) groups is 3. The second kappa shape index (κ2) is 5.68. The monoisotopic (exact) mass is 393 g/mol. The number of hydrogen-bond donors (Lipinski definition) is 2. The number of para-hydroxylation sites is 1. The van der Waals surface area contributed by atoms with Crippen molar-refractivity contribution in [2.24, 2.45) is 0 Å². The molecular weight excluding hydrogens is 374 g/mol. The van der Waals surface area contributed by atoms with Crippen LogP contribution in [0.2, 0.25) is 0 Å². The predicted octanol–water partition coefficient (Wildman–Crippen LogP) is 2.59. The van der Waals surface area contributed by atoms with Crippen LogP contribution >= 0.6 is 11.8 Å². The van der Waals surface area contributed by atoms with Gasteiger partial charge in [-0.3, -0.25) is 24.6 Å². The summed E-state index contributed by atoms with van der Waals surface area (Å²) >= 11 is 0.956. The molecule has 2 fully saturated rings. The summed E-state index contributed by atoms with van der Waals surface area (Å²) in [5.41, 5.74) is 2.25. The van der Waals surface area contributed by atoms with E-state index in [0.29, 0.717) is 12.2 Å². The van der Waals surface area contributed by atoms with Gasteiger partial charge in [-0.2, -0.15) is 0 Å². The van der Waals surface area contributed by atoms with E-state index in [1.807, 2.05) is 67.4 Å². The Morgan fingerprint density at radius 2 is 1.71 bits per heavy atom. The Kier molecular flexibility index (Phi) is 3.54. The molecule has 0 aromatic heterocycles. The fourth-order valence-corrected chi connectivity index (χ4v) is 6.51. The molecule has 3 atom stereocenters. The lowest BCUT2D eigenvalue weighted by Gasteiger charge is -2.41. The van der Waals surface area contributed by atoms with Gasteiger partial charge in [0.1, 0.15) is 4.75 Å². The molecule has 0 radical (unpaired) electrons. The first-order valence-corrected chi connectivity index (χ1v) is 9.96. The standard InChI is InChI=1S/C21H19N3O3S/c1-12-7-9-13(10-8-12)15-11-24(2)20(21(15)18(26)23-19(27)28-21)14-5-3-4-6-16(14)22-17(20)25/h3-10,15H,11H2,1-2H3,(H,22,25)(H,23,26,27)/t15-,20+,21-/m1/s1. The van der Waals surface area contributed by atoms with Crippen molar-refractivity contribution in [1.82, 2.24) is 10.2 Å². The quantitative estimate of drug-likeness (QED) is 0.779. The smallest absolute Gasteiger partial charge is 0.286 e. The van der Waals surface area contributed by atoms with E-state index in [4.69, 9.17) is 0 Å². The average Bonchev–Trinajstić information content (AvgIpc) is 3.23. The molecule has 2 aromatic rings. The Morgan fingerprint density at radius 1 is 1.00 bits per heavy atom. The van der Waals surface area contributed by atoms with Crippen molar-refractivity contribution in [3.05, 3.63) is 65.2 Å². The highest BCUT2D eigenvalue weighted by Crippen LogP contribution is 2.64. The first kappa shape index (κ1) is 17.5. The van der Waals surface area contributed by atoms with Crippen molar-refractivity contribution >= 4 is 34.5 Å². The molecule has 2 aromatic carbocycles. The number of likely N-dealkylation sites (tertiary alicyclic amines) is 1. The number of nitrogens with one attached hydrogen (secondary N) is 2. The zero-order valence-corrected chi connectivity index (χ0v) is 16.3. The molecule has 2 N–H and O–H groups in total. The number of benzene rings is 2. The highest BCUT2D eigenvalue weighted by atomic mass is 32.2. The molecule has 0 unspecified atom stereocenters. The van der Waals surface area contributed by atoms with Crippen molar-refractivity contribution in [1.29, 1.82) is 0 Å². The second-order valence-corrected chi connectivity index (χ2v) is 8.85. The molecule has 2 saturated heterocycles. The third kappa shape index (κ3) is 1.90. The van der Waals surface area contributed by atoms with Crippen LogP contribution in [0.1, 0.15) is 22.6 Å². The largest absolute Gasteiger partial charge is 0.324 e. The SMILES string of the molecule is Cc1ccc([C@H]2CN(C)[C@@]3(C(=O)Nc4ccccc43)[C@@]23SC(=O)NC3=O)cc1. The Morgan fingerprint density at radius 3 is 2.39 bits per heavy atom. The summed E-state index contributed by atoms with van der Waals surface area (Å²) in [6.45, 7) is 2.49. The Labute approximate surface area is 166 Å². The summed E-state index contributed by atoms with van der Waals surface area (Å²) in [4.78, 5) is 41.1. The molecule has 6 nitrogen and oxygen atoms in total. The van der Waals surface area contributed by atoms with Crippen molar-refractivity contribution in [3.8, 4) is 0 Å². The maximum atomic E-state index is 13.5. The van der Waals surface area contributed by atoms with E-state index in [1.165, 1.54) is 0 Å². The lowest BCUT2D eigenvalue weighted by atomic mass is 9.72. The number of amides is 3. The number of fused-ring (bicyclic) bond motifs is 3. The van der Waals surface area contributed by atoms with Gasteiger partial charge < -0.3 is 5.32 Å². The molecule has 7 heteroatoms. The van der Waals surface area contributed by atoms with Gasteiger partial charge in [-0.15, -0.1) is 0 Å². The van der Waals surface area contributed by atoms with E-state index in [9.17, 15) is 14.4 Å². The van der Waals surface area contributed by atoms with Gasteiger partial charge in [-0.25, -0.2) is 0 Å². The Bertz CT molecular complexity index is 1040. The van der Waals surface area contributed by atoms with Gasteiger partial charge in [0, 0.05) is 23.7 Å². The maximum absolute atomic E-state index is 13.5. The normalized spacial score (nSPS) is 31.5. The molecule has 3 amide bonds. The van der Waals surface area contributed by atoms with Crippen LogP contribution in [-0.2, 0) is 15.1 Å². The maximum Gasteiger partial charge on any atom is 0.286 e. The van der Waals surface area contributed by atoms with Crippen LogP contribution in [-0.4, -0.2) is 40.3 Å².